The molecule has 1 aliphatic heterocycles. The van der Waals surface area contributed by atoms with Gasteiger partial charge in [0.15, 0.2) is 9.84 Å². The van der Waals surface area contributed by atoms with Gasteiger partial charge in [0.1, 0.15) is 5.75 Å². The summed E-state index contributed by atoms with van der Waals surface area (Å²) in [7, 11) is -0.0324. The number of halogens is 1. The highest BCUT2D eigenvalue weighted by atomic mass is 35.5. The third-order valence-corrected chi connectivity index (χ3v) is 6.21. The quantitative estimate of drug-likeness (QED) is 0.625. The summed E-state index contributed by atoms with van der Waals surface area (Å²) in [5.41, 5.74) is 0.620. The van der Waals surface area contributed by atoms with Crippen LogP contribution in [0.2, 0.25) is 0 Å². The molecule has 2 atom stereocenters. The second-order valence-electron chi connectivity index (χ2n) is 6.22. The van der Waals surface area contributed by atoms with Gasteiger partial charge in [0, 0.05) is 5.69 Å². The van der Waals surface area contributed by atoms with Crippen LogP contribution in [0.25, 0.3) is 0 Å². The van der Waals surface area contributed by atoms with Crippen molar-refractivity contribution in [3.05, 3.63) is 24.3 Å². The van der Waals surface area contributed by atoms with Gasteiger partial charge in [0.05, 0.1) is 43.1 Å². The Hall–Kier alpha value is -1.84. The fourth-order valence-electron chi connectivity index (χ4n) is 2.61. The van der Waals surface area contributed by atoms with Gasteiger partial charge in [-0.05, 0) is 31.3 Å². The Kier molecular flexibility index (Phi) is 6.85. The summed E-state index contributed by atoms with van der Waals surface area (Å²) < 4.78 is 28.1. The zero-order chi connectivity index (χ0) is 19.3. The van der Waals surface area contributed by atoms with E-state index in [-0.39, 0.29) is 36.4 Å². The molecule has 2 N–H and O–H groups in total. The zero-order valence-electron chi connectivity index (χ0n) is 14.6. The summed E-state index contributed by atoms with van der Waals surface area (Å²) in [6, 6.07) is 6.28. The first-order valence-corrected chi connectivity index (χ1v) is 10.2. The third-order valence-electron chi connectivity index (χ3n) is 3.83. The highest BCUT2D eigenvalue weighted by Crippen LogP contribution is 2.18. The molecule has 0 unspecified atom stereocenters. The number of nitrogens with zero attached hydrogens (tertiary/aromatic N) is 1. The van der Waals surface area contributed by atoms with Gasteiger partial charge in [-0.3, -0.25) is 14.5 Å². The number of ether oxygens (including phenoxy) is 1. The summed E-state index contributed by atoms with van der Waals surface area (Å²) in [4.78, 5) is 25.6. The van der Waals surface area contributed by atoms with Gasteiger partial charge < -0.3 is 15.4 Å². The van der Waals surface area contributed by atoms with Gasteiger partial charge in [0.25, 0.3) is 0 Å². The largest absolute Gasteiger partial charge is 0.497 e. The highest BCUT2D eigenvalue weighted by Gasteiger charge is 2.37. The standard InChI is InChI=1S/C16H22ClN3O5S/c1-20(7-15(21)18-11-3-5-12(25-2)6-4-11)8-16(22)19-14-10-26(23,24)9-13(14)17/h3-6,13-14H,7-10H2,1-2H3,(H,18,21)(H,19,22)/t13-,14-/m0/s1. The molecule has 10 heteroatoms. The molecule has 26 heavy (non-hydrogen) atoms. The van der Waals surface area contributed by atoms with E-state index in [1.54, 1.807) is 38.4 Å². The van der Waals surface area contributed by atoms with Crippen LogP contribution in [0.1, 0.15) is 0 Å². The van der Waals surface area contributed by atoms with Gasteiger partial charge >= 0.3 is 0 Å². The number of anilines is 1. The molecule has 0 aliphatic carbocycles. The van der Waals surface area contributed by atoms with Crippen LogP contribution in [0.5, 0.6) is 5.75 Å². The summed E-state index contributed by atoms with van der Waals surface area (Å²) in [6.07, 6.45) is 0. The van der Waals surface area contributed by atoms with Crippen LogP contribution >= 0.6 is 11.6 Å². The van der Waals surface area contributed by atoms with Crippen molar-refractivity contribution in [1.82, 2.24) is 10.2 Å². The minimum absolute atomic E-state index is 0.00666. The molecular formula is C16H22ClN3O5S. The summed E-state index contributed by atoms with van der Waals surface area (Å²) >= 11 is 5.96. The molecule has 1 saturated heterocycles. The number of hydrogen-bond acceptors (Lipinski definition) is 6. The van der Waals surface area contributed by atoms with Gasteiger partial charge in [-0.25, -0.2) is 8.42 Å². The monoisotopic (exact) mass is 403 g/mol. The molecule has 2 amide bonds. The van der Waals surface area contributed by atoms with Crippen molar-refractivity contribution in [2.24, 2.45) is 0 Å². The number of alkyl halides is 1. The molecule has 8 nitrogen and oxygen atoms in total. The molecule has 1 heterocycles. The number of amides is 2. The van der Waals surface area contributed by atoms with Crippen molar-refractivity contribution in [3.8, 4) is 5.75 Å². The number of benzene rings is 1. The maximum absolute atomic E-state index is 12.0. The van der Waals surface area contributed by atoms with Crippen LogP contribution in [-0.4, -0.2) is 75.3 Å². The van der Waals surface area contributed by atoms with Crippen molar-refractivity contribution in [2.45, 2.75) is 11.4 Å². The maximum atomic E-state index is 12.0. The summed E-state index contributed by atoms with van der Waals surface area (Å²) in [6.45, 7) is -0.0388. The van der Waals surface area contributed by atoms with Crippen LogP contribution in [0.15, 0.2) is 24.3 Å². The molecule has 1 aromatic carbocycles. The third kappa shape index (κ3) is 6.15. The van der Waals surface area contributed by atoms with Crippen LogP contribution in [0.3, 0.4) is 0 Å². The van der Waals surface area contributed by atoms with Crippen molar-refractivity contribution in [1.29, 1.82) is 0 Å². The number of sulfone groups is 1. The number of nitrogens with one attached hydrogen (secondary N) is 2. The zero-order valence-corrected chi connectivity index (χ0v) is 16.1. The fourth-order valence-corrected chi connectivity index (χ4v) is 5.16. The molecule has 1 aromatic rings. The van der Waals surface area contributed by atoms with Crippen molar-refractivity contribution in [2.75, 3.05) is 44.1 Å². The number of hydrogen-bond donors (Lipinski definition) is 2. The second-order valence-corrected chi connectivity index (χ2v) is 8.93. The predicted molar refractivity (Wildman–Crippen MR) is 99.3 cm³/mol. The topological polar surface area (TPSA) is 105 Å². The van der Waals surface area contributed by atoms with Gasteiger partial charge in [-0.2, -0.15) is 0 Å². The number of likely N-dealkylation sites (N-methyl/N-ethyl adjacent to an activating group) is 1. The van der Waals surface area contributed by atoms with Crippen LogP contribution in [-0.2, 0) is 19.4 Å². The van der Waals surface area contributed by atoms with Crippen molar-refractivity contribution < 1.29 is 22.7 Å². The first-order valence-electron chi connectivity index (χ1n) is 7.95. The van der Waals surface area contributed by atoms with E-state index in [1.165, 1.54) is 4.90 Å². The van der Waals surface area contributed by atoms with Crippen LogP contribution < -0.4 is 15.4 Å². The summed E-state index contributed by atoms with van der Waals surface area (Å²) in [5, 5.41) is 4.70. The molecule has 144 valence electrons. The molecule has 0 aromatic heterocycles. The molecule has 0 saturated carbocycles. The molecular weight excluding hydrogens is 382 g/mol. The Labute approximate surface area is 157 Å². The predicted octanol–water partition coefficient (Wildman–Crippen LogP) is 0.0861. The lowest BCUT2D eigenvalue weighted by molar-refractivity contribution is -0.123. The van der Waals surface area contributed by atoms with Crippen LogP contribution in [0, 0.1) is 0 Å². The summed E-state index contributed by atoms with van der Waals surface area (Å²) in [5.74, 6) is -0.265. The molecule has 1 fully saturated rings. The SMILES string of the molecule is COc1ccc(NC(=O)CN(C)CC(=O)N[C@H]2CS(=O)(=O)C[C@@H]2Cl)cc1. The Bertz CT molecular complexity index is 754. The molecule has 0 spiro atoms. The molecule has 1 aliphatic rings. The number of methoxy groups -OCH3 is 1. The first-order chi connectivity index (χ1) is 12.2. The van der Waals surface area contributed by atoms with Gasteiger partial charge in [0.2, 0.25) is 11.8 Å². The lowest BCUT2D eigenvalue weighted by atomic mass is 10.2. The Balaban J connectivity index is 1.77. The van der Waals surface area contributed by atoms with E-state index in [9.17, 15) is 18.0 Å². The van der Waals surface area contributed by atoms with E-state index in [1.807, 2.05) is 0 Å². The van der Waals surface area contributed by atoms with Gasteiger partial charge in [-0.1, -0.05) is 0 Å². The molecule has 0 bridgehead atoms. The Morgan fingerprint density at radius 2 is 1.81 bits per heavy atom. The Morgan fingerprint density at radius 1 is 1.19 bits per heavy atom. The lowest BCUT2D eigenvalue weighted by Gasteiger charge is -2.19. The minimum atomic E-state index is -3.21. The normalized spacial score (nSPS) is 21.4. The van der Waals surface area contributed by atoms with E-state index in [0.29, 0.717) is 11.4 Å². The number of rotatable bonds is 7. The van der Waals surface area contributed by atoms with E-state index >= 15 is 0 Å². The second kappa shape index (κ2) is 8.70. The first kappa shape index (κ1) is 20.5. The lowest BCUT2D eigenvalue weighted by Crippen LogP contribution is -2.46. The minimum Gasteiger partial charge on any atom is -0.497 e. The van der Waals surface area contributed by atoms with Gasteiger partial charge in [-0.15, -0.1) is 11.6 Å². The van der Waals surface area contributed by atoms with Crippen LogP contribution in [0.4, 0.5) is 5.69 Å². The van der Waals surface area contributed by atoms with E-state index in [2.05, 4.69) is 10.6 Å². The fraction of sp³-hybridized carbons (Fsp3) is 0.500. The molecule has 0 radical (unpaired) electrons. The molecule has 2 rings (SSSR count). The average molecular weight is 404 g/mol. The van der Waals surface area contributed by atoms with E-state index < -0.39 is 21.3 Å². The van der Waals surface area contributed by atoms with E-state index in [0.717, 1.165) is 0 Å². The number of carbonyl (C=O) groups is 2. The van der Waals surface area contributed by atoms with Crippen molar-refractivity contribution >= 4 is 38.9 Å². The highest BCUT2D eigenvalue weighted by molar-refractivity contribution is 7.91. The average Bonchev–Trinajstić information content (AvgIpc) is 2.79. The van der Waals surface area contributed by atoms with Crippen molar-refractivity contribution in [3.63, 3.8) is 0 Å². The number of carbonyl (C=O) groups excluding carboxylic acids is 2. The smallest absolute Gasteiger partial charge is 0.238 e. The maximum Gasteiger partial charge on any atom is 0.238 e. The van der Waals surface area contributed by atoms with E-state index in [4.69, 9.17) is 16.3 Å². The Morgan fingerprint density at radius 3 is 2.35 bits per heavy atom.